The third kappa shape index (κ3) is 4.64. The van der Waals surface area contributed by atoms with Crippen LogP contribution >= 0.6 is 0 Å². The van der Waals surface area contributed by atoms with Crippen molar-refractivity contribution < 1.29 is 9.59 Å². The van der Waals surface area contributed by atoms with E-state index in [9.17, 15) is 9.59 Å². The number of pyridine rings is 1. The summed E-state index contributed by atoms with van der Waals surface area (Å²) in [6.45, 7) is 0. The molecular formula is C23H24N8O2. The average Bonchev–Trinajstić information content (AvgIpc) is 3.72. The van der Waals surface area contributed by atoms with Crippen LogP contribution < -0.4 is 10.6 Å². The Morgan fingerprint density at radius 3 is 2.24 bits per heavy atom. The first-order chi connectivity index (χ1) is 16.0. The maximum absolute atomic E-state index is 13.4. The van der Waals surface area contributed by atoms with E-state index in [1.54, 1.807) is 38.8 Å². The van der Waals surface area contributed by atoms with Gasteiger partial charge < -0.3 is 15.5 Å². The van der Waals surface area contributed by atoms with E-state index in [0.717, 1.165) is 37.1 Å². The number of hydrogen-bond donors (Lipinski definition) is 2. The van der Waals surface area contributed by atoms with Gasteiger partial charge in [-0.1, -0.05) is 0 Å². The number of aromatic nitrogens is 5. The number of anilines is 3. The first-order valence-corrected chi connectivity index (χ1v) is 10.9. The zero-order valence-corrected chi connectivity index (χ0v) is 18.4. The Morgan fingerprint density at radius 1 is 0.909 bits per heavy atom. The molecule has 3 aromatic rings. The predicted molar refractivity (Wildman–Crippen MR) is 122 cm³/mol. The van der Waals surface area contributed by atoms with Crippen LogP contribution in [0.2, 0.25) is 0 Å². The number of carbonyl (C=O) groups excluding carboxylic acids is 2. The summed E-state index contributed by atoms with van der Waals surface area (Å²) in [5.41, 5.74) is 2.93. The fourth-order valence-electron chi connectivity index (χ4n) is 3.47. The molecule has 0 spiro atoms. The molecule has 2 fully saturated rings. The van der Waals surface area contributed by atoms with Crippen molar-refractivity contribution in [2.24, 2.45) is 0 Å². The van der Waals surface area contributed by atoms with Gasteiger partial charge in [0, 0.05) is 31.6 Å². The topological polar surface area (TPSA) is 126 Å². The third-order valence-corrected chi connectivity index (χ3v) is 5.59. The average molecular weight is 444 g/mol. The number of rotatable bonds is 7. The van der Waals surface area contributed by atoms with Crippen LogP contribution in [0.15, 0.2) is 37.1 Å². The lowest BCUT2D eigenvalue weighted by Gasteiger charge is -2.16. The van der Waals surface area contributed by atoms with Crippen LogP contribution in [0.5, 0.6) is 0 Å². The molecule has 3 aromatic heterocycles. The molecule has 10 heteroatoms. The molecule has 168 valence electrons. The summed E-state index contributed by atoms with van der Waals surface area (Å²) < 4.78 is 0. The largest absolute Gasteiger partial charge is 0.343 e. The van der Waals surface area contributed by atoms with E-state index in [0.29, 0.717) is 23.2 Å². The Labute approximate surface area is 190 Å². The zero-order valence-electron chi connectivity index (χ0n) is 18.4. The van der Waals surface area contributed by atoms with Crippen molar-refractivity contribution in [1.82, 2.24) is 29.8 Å². The highest BCUT2D eigenvalue weighted by molar-refractivity contribution is 6.09. The number of carbonyl (C=O) groups is 2. The number of amides is 2. The lowest BCUT2D eigenvalue weighted by Crippen LogP contribution is -2.26. The Kier molecular flexibility index (Phi) is 5.41. The Hall–Kier alpha value is -3.95. The lowest BCUT2D eigenvalue weighted by atomic mass is 10.2. The van der Waals surface area contributed by atoms with Gasteiger partial charge in [0.1, 0.15) is 6.33 Å². The van der Waals surface area contributed by atoms with Gasteiger partial charge in [0.25, 0.3) is 11.8 Å². The molecule has 2 saturated carbocycles. The molecule has 2 N–H and O–H groups in total. The standard InChI is InChI=1S/C23H24N8O2/c1-31(2)23(33)19-17(8-7-16(28-19)13-3-4-13)30-22(32)20-21(27-15-9-24-12-25-10-15)26-11-18(29-20)14-5-6-14/h7-14H,3-6H2,1-2H3,(H,26,27)(H,30,32). The summed E-state index contributed by atoms with van der Waals surface area (Å²) in [6.07, 6.45) is 10.5. The summed E-state index contributed by atoms with van der Waals surface area (Å²) in [5.74, 6) is 0.246. The molecule has 0 atom stereocenters. The molecule has 0 unspecified atom stereocenters. The first kappa shape index (κ1) is 20.9. The molecule has 0 aliphatic heterocycles. The third-order valence-electron chi connectivity index (χ3n) is 5.59. The number of nitrogens with one attached hydrogen (secondary N) is 2. The van der Waals surface area contributed by atoms with Gasteiger partial charge in [-0.25, -0.2) is 24.9 Å². The van der Waals surface area contributed by atoms with Crippen molar-refractivity contribution in [3.05, 3.63) is 59.8 Å². The molecular weight excluding hydrogens is 420 g/mol. The van der Waals surface area contributed by atoms with Crippen LogP contribution in [0.3, 0.4) is 0 Å². The second-order valence-electron chi connectivity index (χ2n) is 8.58. The molecule has 0 saturated heterocycles. The van der Waals surface area contributed by atoms with Crippen LogP contribution in [0.25, 0.3) is 0 Å². The second kappa shape index (κ2) is 8.53. The smallest absolute Gasteiger partial charge is 0.278 e. The van der Waals surface area contributed by atoms with Gasteiger partial charge in [-0.2, -0.15) is 0 Å². The highest BCUT2D eigenvalue weighted by Gasteiger charge is 2.30. The van der Waals surface area contributed by atoms with Crippen molar-refractivity contribution in [3.8, 4) is 0 Å². The van der Waals surface area contributed by atoms with E-state index in [1.807, 2.05) is 6.07 Å². The minimum atomic E-state index is -0.474. The Bertz CT molecular complexity index is 1210. The molecule has 2 aliphatic rings. The molecule has 2 amide bonds. The number of nitrogens with zero attached hydrogens (tertiary/aromatic N) is 6. The summed E-state index contributed by atoms with van der Waals surface area (Å²) in [6, 6.07) is 3.61. The SMILES string of the molecule is CN(C)C(=O)c1nc(C2CC2)ccc1NC(=O)c1nc(C2CC2)cnc1Nc1cncnc1. The van der Waals surface area contributed by atoms with Gasteiger partial charge in [-0.3, -0.25) is 9.59 Å². The van der Waals surface area contributed by atoms with E-state index < -0.39 is 5.91 Å². The molecule has 10 nitrogen and oxygen atoms in total. The summed E-state index contributed by atoms with van der Waals surface area (Å²) in [7, 11) is 3.32. The molecule has 0 aromatic carbocycles. The molecule has 0 radical (unpaired) electrons. The van der Waals surface area contributed by atoms with Crippen LogP contribution in [-0.4, -0.2) is 55.7 Å². The first-order valence-electron chi connectivity index (χ1n) is 10.9. The van der Waals surface area contributed by atoms with Gasteiger partial charge >= 0.3 is 0 Å². The van der Waals surface area contributed by atoms with Gasteiger partial charge in [0.2, 0.25) is 0 Å². The molecule has 3 heterocycles. The van der Waals surface area contributed by atoms with E-state index in [4.69, 9.17) is 0 Å². The fraction of sp³-hybridized carbons (Fsp3) is 0.348. The van der Waals surface area contributed by atoms with Gasteiger partial charge in [0.05, 0.1) is 35.7 Å². The monoisotopic (exact) mass is 444 g/mol. The molecule has 5 rings (SSSR count). The lowest BCUT2D eigenvalue weighted by molar-refractivity contribution is 0.0823. The van der Waals surface area contributed by atoms with E-state index in [-0.39, 0.29) is 23.1 Å². The van der Waals surface area contributed by atoms with Gasteiger partial charge in [0.15, 0.2) is 17.2 Å². The highest BCUT2D eigenvalue weighted by Crippen LogP contribution is 2.40. The normalized spacial score (nSPS) is 15.1. The quantitative estimate of drug-likeness (QED) is 0.569. The summed E-state index contributed by atoms with van der Waals surface area (Å²) in [5, 5.41) is 5.90. The highest BCUT2D eigenvalue weighted by atomic mass is 16.2. The Balaban J connectivity index is 1.48. The molecule has 2 aliphatic carbocycles. The minimum Gasteiger partial charge on any atom is -0.343 e. The molecule has 0 bridgehead atoms. The number of hydrogen-bond acceptors (Lipinski definition) is 8. The van der Waals surface area contributed by atoms with Crippen molar-refractivity contribution >= 4 is 29.0 Å². The summed E-state index contributed by atoms with van der Waals surface area (Å²) in [4.78, 5) is 49.2. The van der Waals surface area contributed by atoms with Crippen molar-refractivity contribution in [2.75, 3.05) is 24.7 Å². The van der Waals surface area contributed by atoms with E-state index in [2.05, 4.69) is 35.6 Å². The second-order valence-corrected chi connectivity index (χ2v) is 8.58. The van der Waals surface area contributed by atoms with Gasteiger partial charge in [-0.15, -0.1) is 0 Å². The predicted octanol–water partition coefficient (Wildman–Crippen LogP) is 3.11. The minimum absolute atomic E-state index is 0.137. The van der Waals surface area contributed by atoms with E-state index >= 15 is 0 Å². The zero-order chi connectivity index (χ0) is 22.9. The van der Waals surface area contributed by atoms with Crippen molar-refractivity contribution in [2.45, 2.75) is 37.5 Å². The molecule has 33 heavy (non-hydrogen) atoms. The fourth-order valence-corrected chi connectivity index (χ4v) is 3.47. The maximum Gasteiger partial charge on any atom is 0.278 e. The van der Waals surface area contributed by atoms with Crippen LogP contribution in [0, 0.1) is 0 Å². The van der Waals surface area contributed by atoms with Crippen LogP contribution in [-0.2, 0) is 0 Å². The summed E-state index contributed by atoms with van der Waals surface area (Å²) >= 11 is 0. The Morgan fingerprint density at radius 2 is 1.58 bits per heavy atom. The van der Waals surface area contributed by atoms with E-state index in [1.165, 1.54) is 11.2 Å². The van der Waals surface area contributed by atoms with Crippen molar-refractivity contribution in [3.63, 3.8) is 0 Å². The van der Waals surface area contributed by atoms with Crippen LogP contribution in [0.1, 0.15) is 69.9 Å². The van der Waals surface area contributed by atoms with Crippen LogP contribution in [0.4, 0.5) is 17.2 Å². The van der Waals surface area contributed by atoms with Crippen molar-refractivity contribution in [1.29, 1.82) is 0 Å². The maximum atomic E-state index is 13.4. The van der Waals surface area contributed by atoms with Gasteiger partial charge in [-0.05, 0) is 37.8 Å².